The van der Waals surface area contributed by atoms with Crippen LogP contribution in [0.2, 0.25) is 0 Å². The van der Waals surface area contributed by atoms with Crippen LogP contribution in [-0.2, 0) is 23.8 Å². The molecule has 11 heteroatoms. The molecule has 73 heavy (non-hydrogen) atoms. The van der Waals surface area contributed by atoms with E-state index in [1.165, 1.54) is 116 Å². The monoisotopic (exact) mass is 1030 g/mol. The summed E-state index contributed by atoms with van der Waals surface area (Å²) in [4.78, 5) is 25.1. The minimum absolute atomic E-state index is 0.0378. The molecule has 1 fully saturated rings. The van der Waals surface area contributed by atoms with Crippen molar-refractivity contribution in [1.82, 2.24) is 5.32 Å². The van der Waals surface area contributed by atoms with Crippen LogP contribution in [0.5, 0.6) is 0 Å². The van der Waals surface area contributed by atoms with Crippen molar-refractivity contribution in [3.63, 3.8) is 0 Å². The highest BCUT2D eigenvalue weighted by Gasteiger charge is 2.44. The smallest absolute Gasteiger partial charge is 0.305 e. The average molecular weight is 1030 g/mol. The number of ether oxygens (including phenoxy) is 3. The van der Waals surface area contributed by atoms with Gasteiger partial charge in [-0.25, -0.2) is 0 Å². The molecule has 0 radical (unpaired) electrons. The molecule has 1 rings (SSSR count). The fourth-order valence-corrected chi connectivity index (χ4v) is 8.81. The molecule has 7 unspecified atom stereocenters. The van der Waals surface area contributed by atoms with Crippen LogP contribution in [0, 0.1) is 0 Å². The van der Waals surface area contributed by atoms with Gasteiger partial charge in [-0.3, -0.25) is 9.59 Å². The summed E-state index contributed by atoms with van der Waals surface area (Å²) in [6.45, 7) is 4.13. The van der Waals surface area contributed by atoms with E-state index in [4.69, 9.17) is 14.2 Å². The highest BCUT2D eigenvalue weighted by molar-refractivity contribution is 5.76. The Morgan fingerprint density at radius 1 is 0.521 bits per heavy atom. The SMILES string of the molecule is CC/C=C/CC/C=C/CC/C=C/C(O)C(COC1OC(CO)C(O)C(O)C1O)NC(=O)CCCCCCCCCCCC/C=C\C=C/CCCCCOC(=O)CCCCCCC/C=C\CCCCCCCCC. The molecule has 0 bridgehead atoms. The zero-order valence-electron chi connectivity index (χ0n) is 46.3. The zero-order chi connectivity index (χ0) is 53.1. The number of carbonyl (C=O) groups excluding carboxylic acids is 2. The van der Waals surface area contributed by atoms with E-state index in [-0.39, 0.29) is 18.5 Å². The molecule has 1 saturated heterocycles. The van der Waals surface area contributed by atoms with Gasteiger partial charge in [0, 0.05) is 12.8 Å². The summed E-state index contributed by atoms with van der Waals surface area (Å²) in [5.74, 6) is -0.248. The first kappa shape index (κ1) is 68.1. The van der Waals surface area contributed by atoms with Crippen molar-refractivity contribution in [2.75, 3.05) is 19.8 Å². The van der Waals surface area contributed by atoms with Crippen molar-refractivity contribution < 1.29 is 49.3 Å². The second-order valence-corrected chi connectivity index (χ2v) is 20.3. The number of amides is 1. The molecule has 1 aliphatic heterocycles. The van der Waals surface area contributed by atoms with Crippen LogP contribution >= 0.6 is 0 Å². The lowest BCUT2D eigenvalue weighted by atomic mass is 9.99. The molecule has 0 saturated carbocycles. The molecule has 11 nitrogen and oxygen atoms in total. The van der Waals surface area contributed by atoms with Crippen molar-refractivity contribution in [2.45, 2.75) is 288 Å². The molecule has 7 atom stereocenters. The summed E-state index contributed by atoms with van der Waals surface area (Å²) < 4.78 is 16.6. The minimum atomic E-state index is -1.58. The number of allylic oxidation sites excluding steroid dienone is 11. The lowest BCUT2D eigenvalue weighted by molar-refractivity contribution is -0.302. The number of carbonyl (C=O) groups is 2. The maximum Gasteiger partial charge on any atom is 0.305 e. The van der Waals surface area contributed by atoms with Gasteiger partial charge < -0.3 is 45.1 Å². The molecule has 0 aromatic heterocycles. The standard InChI is InChI=1S/C62H109NO10/c1-3-5-7-9-11-13-15-16-17-24-27-30-34-38-42-46-50-58(67)71-51-47-43-39-35-31-28-25-22-20-18-19-21-23-26-29-33-37-41-45-49-57(66)63-54(53-72-62-61(70)60(69)59(68)56(52-64)73-62)55(65)48-44-40-36-32-14-12-10-8-6-4-2/h6,8,14,17,22,24-25,28,31-32,44,48,54-56,59-62,64-65,68-70H,3-5,7,9-13,15-16,18-21,23,26-27,29-30,33-43,45-47,49-53H2,1-2H3,(H,63,66)/b8-6+,24-17-,25-22-,31-28-,32-14+,48-44+. The number of nitrogens with one attached hydrogen (secondary N) is 1. The van der Waals surface area contributed by atoms with Crippen LogP contribution in [0.15, 0.2) is 72.9 Å². The zero-order valence-corrected chi connectivity index (χ0v) is 46.3. The van der Waals surface area contributed by atoms with E-state index in [0.717, 1.165) is 96.3 Å². The minimum Gasteiger partial charge on any atom is -0.466 e. The van der Waals surface area contributed by atoms with Gasteiger partial charge in [-0.05, 0) is 109 Å². The topological polar surface area (TPSA) is 175 Å². The third-order valence-electron chi connectivity index (χ3n) is 13.5. The third-order valence-corrected chi connectivity index (χ3v) is 13.5. The Labute approximate surface area is 445 Å². The van der Waals surface area contributed by atoms with Gasteiger partial charge in [-0.1, -0.05) is 196 Å². The molecule has 422 valence electrons. The normalized spacial score (nSPS) is 19.5. The van der Waals surface area contributed by atoms with Gasteiger partial charge >= 0.3 is 5.97 Å². The fourth-order valence-electron chi connectivity index (χ4n) is 8.81. The molecular formula is C62H109NO10. The molecule has 0 aliphatic carbocycles. The Bertz CT molecular complexity index is 1440. The van der Waals surface area contributed by atoms with Gasteiger partial charge in [-0.2, -0.15) is 0 Å². The number of rotatable bonds is 50. The third kappa shape index (κ3) is 41.0. The van der Waals surface area contributed by atoms with Crippen molar-refractivity contribution in [3.8, 4) is 0 Å². The summed E-state index contributed by atoms with van der Waals surface area (Å²) in [6, 6.07) is -0.843. The second kappa shape index (κ2) is 51.2. The summed E-state index contributed by atoms with van der Waals surface area (Å²) in [5, 5.41) is 54.2. The van der Waals surface area contributed by atoms with Crippen LogP contribution in [0.1, 0.15) is 245 Å². The quantitative estimate of drug-likeness (QED) is 0.0149. The summed E-state index contributed by atoms with van der Waals surface area (Å²) >= 11 is 0. The van der Waals surface area contributed by atoms with E-state index in [1.54, 1.807) is 6.08 Å². The van der Waals surface area contributed by atoms with Crippen molar-refractivity contribution in [1.29, 1.82) is 0 Å². The Hall–Kier alpha value is -2.90. The van der Waals surface area contributed by atoms with E-state index in [0.29, 0.717) is 25.9 Å². The van der Waals surface area contributed by atoms with Gasteiger partial charge in [0.1, 0.15) is 24.4 Å². The number of aliphatic hydroxyl groups excluding tert-OH is 5. The largest absolute Gasteiger partial charge is 0.466 e. The molecule has 0 spiro atoms. The number of hydrogen-bond donors (Lipinski definition) is 6. The number of aliphatic hydroxyl groups is 5. The molecule has 1 aliphatic rings. The van der Waals surface area contributed by atoms with Crippen LogP contribution in [-0.4, -0.2) is 100 Å². The molecule has 0 aromatic rings. The maximum atomic E-state index is 13.0. The summed E-state index contributed by atoms with van der Waals surface area (Å²) in [7, 11) is 0. The van der Waals surface area contributed by atoms with Crippen LogP contribution in [0.25, 0.3) is 0 Å². The Kier molecular flexibility index (Phi) is 47.8. The van der Waals surface area contributed by atoms with Crippen LogP contribution < -0.4 is 5.32 Å². The van der Waals surface area contributed by atoms with E-state index in [2.05, 4.69) is 79.9 Å². The highest BCUT2D eigenvalue weighted by Crippen LogP contribution is 2.23. The average Bonchev–Trinajstić information content (AvgIpc) is 3.39. The number of esters is 1. The predicted octanol–water partition coefficient (Wildman–Crippen LogP) is 13.6. The van der Waals surface area contributed by atoms with Crippen molar-refractivity contribution >= 4 is 11.9 Å². The first-order valence-corrected chi connectivity index (χ1v) is 29.7. The maximum absolute atomic E-state index is 13.0. The lowest BCUT2D eigenvalue weighted by Crippen LogP contribution is -2.60. The van der Waals surface area contributed by atoms with Crippen molar-refractivity contribution in [2.24, 2.45) is 0 Å². The van der Waals surface area contributed by atoms with Gasteiger partial charge in [-0.15, -0.1) is 0 Å². The first-order valence-electron chi connectivity index (χ1n) is 29.7. The second-order valence-electron chi connectivity index (χ2n) is 20.3. The Morgan fingerprint density at radius 2 is 0.973 bits per heavy atom. The Morgan fingerprint density at radius 3 is 1.51 bits per heavy atom. The lowest BCUT2D eigenvalue weighted by Gasteiger charge is -2.40. The first-order chi connectivity index (χ1) is 35.7. The highest BCUT2D eigenvalue weighted by atomic mass is 16.7. The fraction of sp³-hybridized carbons (Fsp3) is 0.774. The molecule has 6 N–H and O–H groups in total. The molecule has 0 aromatic carbocycles. The van der Waals surface area contributed by atoms with Crippen molar-refractivity contribution in [3.05, 3.63) is 72.9 Å². The molecule has 1 heterocycles. The summed E-state index contributed by atoms with van der Waals surface area (Å²) in [6.07, 6.45) is 57.3. The summed E-state index contributed by atoms with van der Waals surface area (Å²) in [5.41, 5.74) is 0. The van der Waals surface area contributed by atoms with Gasteiger partial charge in [0.05, 0.1) is 32.0 Å². The number of unbranched alkanes of at least 4 members (excludes halogenated alkanes) is 27. The molecular weight excluding hydrogens is 919 g/mol. The van der Waals surface area contributed by atoms with E-state index < -0.39 is 49.5 Å². The predicted molar refractivity (Wildman–Crippen MR) is 301 cm³/mol. The Balaban J connectivity index is 2.07. The van der Waals surface area contributed by atoms with E-state index in [1.807, 2.05) is 6.08 Å². The van der Waals surface area contributed by atoms with Crippen LogP contribution in [0.4, 0.5) is 0 Å². The van der Waals surface area contributed by atoms with E-state index >= 15 is 0 Å². The van der Waals surface area contributed by atoms with Gasteiger partial charge in [0.2, 0.25) is 5.91 Å². The van der Waals surface area contributed by atoms with Crippen LogP contribution in [0.3, 0.4) is 0 Å². The van der Waals surface area contributed by atoms with Gasteiger partial charge in [0.25, 0.3) is 0 Å². The number of hydrogen-bond acceptors (Lipinski definition) is 10. The van der Waals surface area contributed by atoms with E-state index in [9.17, 15) is 35.1 Å². The molecule has 1 amide bonds. The van der Waals surface area contributed by atoms with Gasteiger partial charge in [0.15, 0.2) is 6.29 Å².